The Morgan fingerprint density at radius 3 is 3.12 bits per heavy atom. The third kappa shape index (κ3) is 3.89. The molecule has 0 bridgehead atoms. The Hall–Kier alpha value is -1.83. The number of thiazole rings is 1. The Balaban J connectivity index is 1.41. The SMILES string of the molecule is COCCc1noc(CN2CCCC(c3nc4ccccc4s3)C2)n1. The highest BCUT2D eigenvalue weighted by atomic mass is 32.1. The second kappa shape index (κ2) is 7.59. The molecule has 1 unspecified atom stereocenters. The third-order valence-electron chi connectivity index (χ3n) is 4.56. The molecule has 0 saturated carbocycles. The Labute approximate surface area is 150 Å². The summed E-state index contributed by atoms with van der Waals surface area (Å²) in [5.74, 6) is 1.90. The summed E-state index contributed by atoms with van der Waals surface area (Å²) in [6.07, 6.45) is 3.05. The van der Waals surface area contributed by atoms with Crippen LogP contribution in [0.15, 0.2) is 28.8 Å². The summed E-state index contributed by atoms with van der Waals surface area (Å²) in [4.78, 5) is 11.7. The van der Waals surface area contributed by atoms with Crippen LogP contribution in [0, 0.1) is 0 Å². The van der Waals surface area contributed by atoms with E-state index in [1.807, 2.05) is 11.3 Å². The van der Waals surface area contributed by atoms with Gasteiger partial charge in [0.25, 0.3) is 0 Å². The van der Waals surface area contributed by atoms with Gasteiger partial charge in [0.15, 0.2) is 5.82 Å². The number of ether oxygens (including phenoxy) is 1. The summed E-state index contributed by atoms with van der Waals surface area (Å²) in [7, 11) is 1.68. The van der Waals surface area contributed by atoms with Gasteiger partial charge in [-0.2, -0.15) is 4.98 Å². The molecule has 1 fully saturated rings. The first-order chi connectivity index (χ1) is 12.3. The van der Waals surface area contributed by atoms with Crippen molar-refractivity contribution in [3.63, 3.8) is 0 Å². The normalized spacial score (nSPS) is 18.8. The molecule has 4 rings (SSSR count). The number of fused-ring (bicyclic) bond motifs is 1. The maximum Gasteiger partial charge on any atom is 0.240 e. The molecule has 1 aromatic carbocycles. The zero-order chi connectivity index (χ0) is 17.1. The van der Waals surface area contributed by atoms with E-state index in [0.717, 1.165) is 24.4 Å². The maximum absolute atomic E-state index is 5.38. The fourth-order valence-electron chi connectivity index (χ4n) is 3.31. The predicted octanol–water partition coefficient (Wildman–Crippen LogP) is 3.25. The molecule has 132 valence electrons. The van der Waals surface area contributed by atoms with Crippen LogP contribution in [0.25, 0.3) is 10.2 Å². The van der Waals surface area contributed by atoms with E-state index < -0.39 is 0 Å². The van der Waals surface area contributed by atoms with Crippen LogP contribution in [-0.2, 0) is 17.7 Å². The first kappa shape index (κ1) is 16.6. The molecule has 3 aromatic rings. The summed E-state index contributed by atoms with van der Waals surface area (Å²) < 4.78 is 11.7. The van der Waals surface area contributed by atoms with Gasteiger partial charge in [0.05, 0.1) is 28.4 Å². The molecule has 1 saturated heterocycles. The number of nitrogens with zero attached hydrogens (tertiary/aromatic N) is 4. The van der Waals surface area contributed by atoms with Crippen molar-refractivity contribution < 1.29 is 9.26 Å². The summed E-state index contributed by atoms with van der Waals surface area (Å²) in [6.45, 7) is 3.39. The highest BCUT2D eigenvalue weighted by Crippen LogP contribution is 2.33. The molecule has 1 atom stereocenters. The number of hydrogen-bond acceptors (Lipinski definition) is 7. The lowest BCUT2D eigenvalue weighted by Crippen LogP contribution is -2.33. The van der Waals surface area contributed by atoms with E-state index in [9.17, 15) is 0 Å². The smallest absolute Gasteiger partial charge is 0.240 e. The molecule has 1 aliphatic rings. The van der Waals surface area contributed by atoms with Crippen molar-refractivity contribution in [3.05, 3.63) is 41.0 Å². The van der Waals surface area contributed by atoms with Gasteiger partial charge in [0.1, 0.15) is 0 Å². The summed E-state index contributed by atoms with van der Waals surface area (Å²) in [5.41, 5.74) is 1.11. The van der Waals surface area contributed by atoms with Gasteiger partial charge >= 0.3 is 0 Å². The Bertz CT molecular complexity index is 798. The Morgan fingerprint density at radius 2 is 2.24 bits per heavy atom. The average Bonchev–Trinajstić information content (AvgIpc) is 3.27. The van der Waals surface area contributed by atoms with E-state index in [0.29, 0.717) is 31.4 Å². The second-order valence-corrected chi connectivity index (χ2v) is 7.50. The lowest BCUT2D eigenvalue weighted by atomic mass is 9.99. The van der Waals surface area contributed by atoms with Gasteiger partial charge in [0.2, 0.25) is 5.89 Å². The number of methoxy groups -OCH3 is 1. The number of benzene rings is 1. The largest absolute Gasteiger partial charge is 0.384 e. The highest BCUT2D eigenvalue weighted by Gasteiger charge is 2.25. The van der Waals surface area contributed by atoms with E-state index in [1.54, 1.807) is 7.11 Å². The van der Waals surface area contributed by atoms with Crippen LogP contribution in [0.5, 0.6) is 0 Å². The van der Waals surface area contributed by atoms with Crippen LogP contribution in [0.4, 0.5) is 0 Å². The molecule has 0 spiro atoms. The Morgan fingerprint density at radius 1 is 1.32 bits per heavy atom. The molecule has 2 aromatic heterocycles. The summed E-state index contributed by atoms with van der Waals surface area (Å²) in [5, 5.41) is 5.27. The number of likely N-dealkylation sites (tertiary alicyclic amines) is 1. The minimum Gasteiger partial charge on any atom is -0.384 e. The molecular weight excluding hydrogens is 336 g/mol. The molecule has 0 aliphatic carbocycles. The number of piperidine rings is 1. The Kier molecular flexibility index (Phi) is 5.05. The predicted molar refractivity (Wildman–Crippen MR) is 96.8 cm³/mol. The van der Waals surface area contributed by atoms with Crippen LogP contribution < -0.4 is 0 Å². The van der Waals surface area contributed by atoms with Crippen LogP contribution in [0.2, 0.25) is 0 Å². The average molecular weight is 358 g/mol. The summed E-state index contributed by atoms with van der Waals surface area (Å²) in [6, 6.07) is 8.37. The van der Waals surface area contributed by atoms with E-state index in [1.165, 1.54) is 22.5 Å². The van der Waals surface area contributed by atoms with Crippen molar-refractivity contribution in [3.8, 4) is 0 Å². The van der Waals surface area contributed by atoms with Crippen molar-refractivity contribution >= 4 is 21.6 Å². The molecule has 25 heavy (non-hydrogen) atoms. The number of hydrogen-bond donors (Lipinski definition) is 0. The van der Waals surface area contributed by atoms with Crippen molar-refractivity contribution in [1.82, 2.24) is 20.0 Å². The highest BCUT2D eigenvalue weighted by molar-refractivity contribution is 7.18. The number of rotatable bonds is 6. The summed E-state index contributed by atoms with van der Waals surface area (Å²) >= 11 is 1.82. The maximum atomic E-state index is 5.38. The minimum absolute atomic E-state index is 0.488. The monoisotopic (exact) mass is 358 g/mol. The zero-order valence-electron chi connectivity index (χ0n) is 14.4. The second-order valence-electron chi connectivity index (χ2n) is 6.44. The third-order valence-corrected chi connectivity index (χ3v) is 5.76. The van der Waals surface area contributed by atoms with Gasteiger partial charge in [-0.05, 0) is 31.5 Å². The van der Waals surface area contributed by atoms with Gasteiger partial charge < -0.3 is 9.26 Å². The molecule has 0 N–H and O–H groups in total. The van der Waals surface area contributed by atoms with Crippen molar-refractivity contribution in [1.29, 1.82) is 0 Å². The molecule has 1 aliphatic heterocycles. The van der Waals surface area contributed by atoms with E-state index in [-0.39, 0.29) is 0 Å². The van der Waals surface area contributed by atoms with Gasteiger partial charge in [0, 0.05) is 26.0 Å². The fraction of sp³-hybridized carbons (Fsp3) is 0.500. The first-order valence-corrected chi connectivity index (χ1v) is 9.51. The van der Waals surface area contributed by atoms with Gasteiger partial charge in [-0.25, -0.2) is 4.98 Å². The van der Waals surface area contributed by atoms with Crippen molar-refractivity contribution in [2.75, 3.05) is 26.8 Å². The van der Waals surface area contributed by atoms with E-state index in [4.69, 9.17) is 14.2 Å². The van der Waals surface area contributed by atoms with Crippen LogP contribution in [0.3, 0.4) is 0 Å². The van der Waals surface area contributed by atoms with E-state index in [2.05, 4.69) is 39.3 Å². The molecule has 7 heteroatoms. The molecular formula is C18H22N4O2S. The standard InChI is InChI=1S/C18H22N4O2S/c1-23-10-8-16-20-17(24-21-16)12-22-9-4-5-13(11-22)18-19-14-6-2-3-7-15(14)25-18/h2-3,6-7,13H,4-5,8-12H2,1H3. The first-order valence-electron chi connectivity index (χ1n) is 8.70. The fourth-order valence-corrected chi connectivity index (χ4v) is 4.40. The molecule has 0 amide bonds. The lowest BCUT2D eigenvalue weighted by molar-refractivity contribution is 0.177. The van der Waals surface area contributed by atoms with E-state index >= 15 is 0 Å². The zero-order valence-corrected chi connectivity index (χ0v) is 15.2. The van der Waals surface area contributed by atoms with Crippen LogP contribution >= 0.6 is 11.3 Å². The topological polar surface area (TPSA) is 64.3 Å². The molecule has 3 heterocycles. The minimum atomic E-state index is 0.488. The van der Waals surface area contributed by atoms with Gasteiger partial charge in [-0.3, -0.25) is 4.90 Å². The molecule has 6 nitrogen and oxygen atoms in total. The van der Waals surface area contributed by atoms with Crippen LogP contribution in [-0.4, -0.2) is 46.8 Å². The van der Waals surface area contributed by atoms with Gasteiger partial charge in [-0.1, -0.05) is 17.3 Å². The molecule has 0 radical (unpaired) electrons. The number of aromatic nitrogens is 3. The van der Waals surface area contributed by atoms with Crippen molar-refractivity contribution in [2.24, 2.45) is 0 Å². The van der Waals surface area contributed by atoms with Gasteiger partial charge in [-0.15, -0.1) is 11.3 Å². The van der Waals surface area contributed by atoms with Crippen LogP contribution in [0.1, 0.15) is 35.5 Å². The lowest BCUT2D eigenvalue weighted by Gasteiger charge is -2.30. The van der Waals surface area contributed by atoms with Crippen molar-refractivity contribution in [2.45, 2.75) is 31.7 Å². The quantitative estimate of drug-likeness (QED) is 0.674. The number of para-hydroxylation sites is 1.